The lowest BCUT2D eigenvalue weighted by atomic mass is 10.4. The van der Waals surface area contributed by atoms with Crippen LogP contribution < -0.4 is 10.2 Å². The Labute approximate surface area is 109 Å². The van der Waals surface area contributed by atoms with Crippen molar-refractivity contribution in [3.05, 3.63) is 11.8 Å². The van der Waals surface area contributed by atoms with E-state index in [9.17, 15) is 0 Å². The Morgan fingerprint density at radius 1 is 1.28 bits per heavy atom. The average molecular weight is 249 g/mol. The Morgan fingerprint density at radius 2 is 2.00 bits per heavy atom. The van der Waals surface area contributed by atoms with E-state index >= 15 is 0 Å². The maximum absolute atomic E-state index is 4.60. The molecule has 1 aromatic rings. The summed E-state index contributed by atoms with van der Waals surface area (Å²) in [6.07, 6.45) is 2.54. The number of hydrogen-bond acceptors (Lipinski definition) is 5. The number of rotatable bonds is 5. The number of nitrogens with zero attached hydrogens (tertiary/aromatic N) is 4. The molecule has 5 nitrogen and oxygen atoms in total. The molecule has 5 heteroatoms. The monoisotopic (exact) mass is 249 g/mol. The highest BCUT2D eigenvalue weighted by Gasteiger charge is 2.14. The molecule has 2 heterocycles. The number of nitrogens with one attached hydrogen (secondary N) is 1. The summed E-state index contributed by atoms with van der Waals surface area (Å²) >= 11 is 0. The first-order valence-electron chi connectivity index (χ1n) is 6.64. The van der Waals surface area contributed by atoms with Crippen molar-refractivity contribution in [2.24, 2.45) is 0 Å². The van der Waals surface area contributed by atoms with Gasteiger partial charge in [0.15, 0.2) is 0 Å². The Bertz CT molecular complexity index is 385. The highest BCUT2D eigenvalue weighted by atomic mass is 15.2. The molecule has 0 radical (unpaired) electrons. The van der Waals surface area contributed by atoms with Crippen molar-refractivity contribution in [1.29, 1.82) is 0 Å². The van der Waals surface area contributed by atoms with Crippen LogP contribution in [0.1, 0.15) is 18.5 Å². The molecule has 0 unspecified atom stereocenters. The summed E-state index contributed by atoms with van der Waals surface area (Å²) < 4.78 is 0. The third-order valence-corrected chi connectivity index (χ3v) is 3.11. The molecule has 0 aliphatic carbocycles. The lowest BCUT2D eigenvalue weighted by Crippen LogP contribution is -2.23. The number of hydrogen-bond donors (Lipinski definition) is 1. The summed E-state index contributed by atoms with van der Waals surface area (Å²) in [5.74, 6) is 1.81. The molecule has 0 amide bonds. The second-order valence-corrected chi connectivity index (χ2v) is 5.12. The number of likely N-dealkylation sites (N-methyl/N-ethyl adjacent to an activating group) is 1. The van der Waals surface area contributed by atoms with E-state index in [4.69, 9.17) is 0 Å². The highest BCUT2D eigenvalue weighted by molar-refractivity contribution is 5.45. The SMILES string of the molecule is Cc1cc(N2CCCC2)nc(NCCN(C)C)n1. The fourth-order valence-corrected chi connectivity index (χ4v) is 2.13. The van der Waals surface area contributed by atoms with Crippen molar-refractivity contribution in [1.82, 2.24) is 14.9 Å². The lowest BCUT2D eigenvalue weighted by Gasteiger charge is -2.18. The third kappa shape index (κ3) is 3.57. The van der Waals surface area contributed by atoms with Gasteiger partial charge in [0, 0.05) is 37.9 Å². The van der Waals surface area contributed by atoms with E-state index in [1.54, 1.807) is 0 Å². The zero-order chi connectivity index (χ0) is 13.0. The van der Waals surface area contributed by atoms with Gasteiger partial charge in [-0.2, -0.15) is 4.98 Å². The zero-order valence-electron chi connectivity index (χ0n) is 11.6. The maximum atomic E-state index is 4.60. The van der Waals surface area contributed by atoms with Gasteiger partial charge in [-0.15, -0.1) is 0 Å². The first-order valence-corrected chi connectivity index (χ1v) is 6.64. The molecule has 18 heavy (non-hydrogen) atoms. The Balaban J connectivity index is 2.01. The molecule has 100 valence electrons. The van der Waals surface area contributed by atoms with E-state index in [-0.39, 0.29) is 0 Å². The predicted octanol–water partition coefficient (Wildman–Crippen LogP) is 1.36. The molecule has 1 saturated heterocycles. The van der Waals surface area contributed by atoms with Crippen LogP contribution in [0.3, 0.4) is 0 Å². The van der Waals surface area contributed by atoms with E-state index in [0.717, 1.165) is 43.6 Å². The molecule has 1 fully saturated rings. The second kappa shape index (κ2) is 6.00. The van der Waals surface area contributed by atoms with Crippen molar-refractivity contribution >= 4 is 11.8 Å². The Hall–Kier alpha value is -1.36. The molecule has 1 aliphatic heterocycles. The minimum atomic E-state index is 0.749. The number of aromatic nitrogens is 2. The van der Waals surface area contributed by atoms with Crippen molar-refractivity contribution in [3.8, 4) is 0 Å². The van der Waals surface area contributed by atoms with Crippen LogP contribution in [0.15, 0.2) is 6.07 Å². The van der Waals surface area contributed by atoms with Gasteiger partial charge >= 0.3 is 0 Å². The average Bonchev–Trinajstić information content (AvgIpc) is 2.81. The first kappa shape index (κ1) is 13.1. The molecule has 0 spiro atoms. The summed E-state index contributed by atoms with van der Waals surface area (Å²) in [7, 11) is 4.13. The highest BCUT2D eigenvalue weighted by Crippen LogP contribution is 2.19. The van der Waals surface area contributed by atoms with Crippen LogP contribution in [-0.2, 0) is 0 Å². The molecular formula is C13H23N5. The maximum Gasteiger partial charge on any atom is 0.224 e. The van der Waals surface area contributed by atoms with Crippen molar-refractivity contribution in [2.45, 2.75) is 19.8 Å². The van der Waals surface area contributed by atoms with Gasteiger partial charge in [-0.25, -0.2) is 4.98 Å². The fraction of sp³-hybridized carbons (Fsp3) is 0.692. The van der Waals surface area contributed by atoms with Gasteiger partial charge in [-0.3, -0.25) is 0 Å². The van der Waals surface area contributed by atoms with Gasteiger partial charge in [0.05, 0.1) is 0 Å². The van der Waals surface area contributed by atoms with E-state index in [1.165, 1.54) is 12.8 Å². The first-order chi connectivity index (χ1) is 8.65. The molecule has 0 atom stereocenters. The summed E-state index contributed by atoms with van der Waals surface area (Å²) in [6.45, 7) is 6.12. The normalized spacial score (nSPS) is 15.4. The lowest BCUT2D eigenvalue weighted by molar-refractivity contribution is 0.425. The van der Waals surface area contributed by atoms with Gasteiger partial charge in [0.2, 0.25) is 5.95 Å². The molecular weight excluding hydrogens is 226 g/mol. The van der Waals surface area contributed by atoms with E-state index in [2.05, 4.69) is 45.2 Å². The molecule has 0 bridgehead atoms. The van der Waals surface area contributed by atoms with Crippen LogP contribution in [0, 0.1) is 6.92 Å². The predicted molar refractivity (Wildman–Crippen MR) is 75.3 cm³/mol. The molecule has 1 aliphatic rings. The van der Waals surface area contributed by atoms with Gasteiger partial charge < -0.3 is 15.1 Å². The largest absolute Gasteiger partial charge is 0.356 e. The summed E-state index contributed by atoms with van der Waals surface area (Å²) in [6, 6.07) is 2.07. The second-order valence-electron chi connectivity index (χ2n) is 5.12. The number of anilines is 2. The smallest absolute Gasteiger partial charge is 0.224 e. The number of aryl methyl sites for hydroxylation is 1. The van der Waals surface area contributed by atoms with Gasteiger partial charge in [-0.1, -0.05) is 0 Å². The third-order valence-electron chi connectivity index (χ3n) is 3.11. The van der Waals surface area contributed by atoms with Crippen LogP contribution in [0.4, 0.5) is 11.8 Å². The molecule has 1 N–H and O–H groups in total. The van der Waals surface area contributed by atoms with E-state index in [0.29, 0.717) is 0 Å². The summed E-state index contributed by atoms with van der Waals surface area (Å²) in [5.41, 5.74) is 1.03. The van der Waals surface area contributed by atoms with Crippen molar-refractivity contribution in [2.75, 3.05) is 50.5 Å². The zero-order valence-corrected chi connectivity index (χ0v) is 11.6. The van der Waals surface area contributed by atoms with Crippen molar-refractivity contribution < 1.29 is 0 Å². The summed E-state index contributed by atoms with van der Waals surface area (Å²) in [4.78, 5) is 13.5. The molecule has 2 rings (SSSR count). The molecule has 1 aromatic heterocycles. The molecule has 0 saturated carbocycles. The minimum Gasteiger partial charge on any atom is -0.356 e. The quantitative estimate of drug-likeness (QED) is 0.853. The van der Waals surface area contributed by atoms with Crippen molar-refractivity contribution in [3.63, 3.8) is 0 Å². The molecule has 0 aromatic carbocycles. The fourth-order valence-electron chi connectivity index (χ4n) is 2.13. The topological polar surface area (TPSA) is 44.3 Å². The van der Waals surface area contributed by atoms with E-state index < -0.39 is 0 Å². The van der Waals surface area contributed by atoms with Crippen LogP contribution in [-0.4, -0.2) is 55.1 Å². The Kier molecular flexibility index (Phi) is 4.36. The van der Waals surface area contributed by atoms with Gasteiger partial charge in [0.1, 0.15) is 5.82 Å². The summed E-state index contributed by atoms with van der Waals surface area (Å²) in [5, 5.41) is 3.29. The minimum absolute atomic E-state index is 0.749. The van der Waals surface area contributed by atoms with Crippen LogP contribution in [0.25, 0.3) is 0 Å². The van der Waals surface area contributed by atoms with Crippen LogP contribution in [0.2, 0.25) is 0 Å². The van der Waals surface area contributed by atoms with E-state index in [1.807, 2.05) is 6.92 Å². The van der Waals surface area contributed by atoms with Crippen LogP contribution in [0.5, 0.6) is 0 Å². The standard InChI is InChI=1S/C13H23N5/c1-11-10-12(18-7-4-5-8-18)16-13(15-11)14-6-9-17(2)3/h10H,4-9H2,1-3H3,(H,14,15,16). The van der Waals surface area contributed by atoms with Crippen LogP contribution >= 0.6 is 0 Å². The van der Waals surface area contributed by atoms with Gasteiger partial charge in [0.25, 0.3) is 0 Å². The van der Waals surface area contributed by atoms with Gasteiger partial charge in [-0.05, 0) is 33.9 Å². The Morgan fingerprint density at radius 3 is 2.67 bits per heavy atom.